The molecule has 40 heavy (non-hydrogen) atoms. The number of alkyl carbamates (subject to hydrolysis) is 1. The summed E-state index contributed by atoms with van der Waals surface area (Å²) in [5.74, 6) is -0.0732. The third-order valence-corrected chi connectivity index (χ3v) is 6.90. The van der Waals surface area contributed by atoms with Gasteiger partial charge in [0.2, 0.25) is 5.91 Å². The lowest BCUT2D eigenvalue weighted by Crippen LogP contribution is -2.58. The van der Waals surface area contributed by atoms with Crippen LogP contribution in [0.2, 0.25) is 0 Å². The van der Waals surface area contributed by atoms with E-state index in [1.165, 1.54) is 0 Å². The molecule has 0 saturated carbocycles. The Hall–Kier alpha value is -3.26. The zero-order valence-electron chi connectivity index (χ0n) is 25.4. The third kappa shape index (κ3) is 9.15. The number of nitrogens with one attached hydrogen (secondary N) is 2. The summed E-state index contributed by atoms with van der Waals surface area (Å²) in [5, 5.41) is 5.88. The van der Waals surface area contributed by atoms with Gasteiger partial charge in [0.15, 0.2) is 0 Å². The highest BCUT2D eigenvalue weighted by atomic mass is 32.2. The van der Waals surface area contributed by atoms with Crippen molar-refractivity contribution in [3.8, 4) is 0 Å². The molecule has 0 aliphatic carbocycles. The number of anilines is 1. The summed E-state index contributed by atoms with van der Waals surface area (Å²) >= 11 is 1.57. The number of hydrogen-bond donors (Lipinski definition) is 2. The van der Waals surface area contributed by atoms with Crippen molar-refractivity contribution in [2.45, 2.75) is 85.0 Å². The number of rotatable bonds is 10. The Bertz CT molecular complexity index is 1190. The van der Waals surface area contributed by atoms with Gasteiger partial charge in [-0.1, -0.05) is 49.1 Å². The lowest BCUT2D eigenvalue weighted by Gasteiger charge is -2.43. The summed E-state index contributed by atoms with van der Waals surface area (Å²) in [6.07, 6.45) is 3.35. The third-order valence-electron chi connectivity index (χ3n) is 6.26. The van der Waals surface area contributed by atoms with Crippen molar-refractivity contribution >= 4 is 41.4 Å². The van der Waals surface area contributed by atoms with Crippen LogP contribution in [0.5, 0.6) is 0 Å². The summed E-state index contributed by atoms with van der Waals surface area (Å²) in [6.45, 7) is 18.7. The maximum Gasteiger partial charge on any atom is 0.408 e. The van der Waals surface area contributed by atoms with Crippen molar-refractivity contribution in [2.75, 3.05) is 17.3 Å². The molecule has 8 heteroatoms. The van der Waals surface area contributed by atoms with Crippen LogP contribution < -0.4 is 10.6 Å². The van der Waals surface area contributed by atoms with E-state index in [1.54, 1.807) is 43.5 Å². The molecule has 0 fully saturated rings. The number of carbonyl (C=O) groups is 3. The van der Waals surface area contributed by atoms with Crippen LogP contribution in [-0.4, -0.2) is 52.0 Å². The Labute approximate surface area is 244 Å². The lowest BCUT2D eigenvalue weighted by atomic mass is 9.94. The van der Waals surface area contributed by atoms with Crippen LogP contribution in [-0.2, 0) is 14.3 Å². The number of para-hydroxylation sites is 1. The standard InChI is InChI=1S/C32H45N3O4S/c1-11-23-16-13-17-24(20-23)27(28(36)34-26-21(2)14-12-15-22(26)3)35(31(4,5)6)29(37)25(18-19-40-10)33-30(38)39-32(7,8)9/h11-17,20,25,27H,1,18-19H2,2-10H3,(H,33,38)(H,34,36). The second-order valence-electron chi connectivity index (χ2n) is 11.9. The van der Waals surface area contributed by atoms with Crippen molar-refractivity contribution in [1.82, 2.24) is 10.2 Å². The maximum absolute atomic E-state index is 14.4. The average Bonchev–Trinajstić information content (AvgIpc) is 2.85. The monoisotopic (exact) mass is 567 g/mol. The van der Waals surface area contributed by atoms with Crippen LogP contribution in [0.15, 0.2) is 49.0 Å². The molecule has 0 saturated heterocycles. The number of ether oxygens (including phenoxy) is 1. The fourth-order valence-corrected chi connectivity index (χ4v) is 4.90. The van der Waals surface area contributed by atoms with Gasteiger partial charge in [-0.3, -0.25) is 9.59 Å². The molecule has 2 rings (SSSR count). The molecule has 0 aromatic heterocycles. The minimum atomic E-state index is -0.983. The van der Waals surface area contributed by atoms with Gasteiger partial charge in [0.05, 0.1) is 0 Å². The lowest BCUT2D eigenvalue weighted by molar-refractivity contribution is -0.146. The first-order valence-electron chi connectivity index (χ1n) is 13.5. The van der Waals surface area contributed by atoms with E-state index < -0.39 is 29.3 Å². The van der Waals surface area contributed by atoms with Gasteiger partial charge in [-0.25, -0.2) is 4.79 Å². The fourth-order valence-electron chi connectivity index (χ4n) is 4.43. The number of nitrogens with zero attached hydrogens (tertiary/aromatic N) is 1. The molecule has 0 aliphatic heterocycles. The largest absolute Gasteiger partial charge is 0.444 e. The zero-order valence-corrected chi connectivity index (χ0v) is 26.2. The normalized spacial score (nSPS) is 13.1. The van der Waals surface area contributed by atoms with Crippen molar-refractivity contribution in [2.24, 2.45) is 0 Å². The second-order valence-corrected chi connectivity index (χ2v) is 12.9. The van der Waals surface area contributed by atoms with Gasteiger partial charge >= 0.3 is 6.09 Å². The first kappa shape index (κ1) is 32.9. The van der Waals surface area contributed by atoms with Crippen LogP contribution in [0, 0.1) is 13.8 Å². The minimum absolute atomic E-state index is 0.345. The molecule has 0 radical (unpaired) electrons. The number of carbonyl (C=O) groups excluding carboxylic acids is 3. The van der Waals surface area contributed by atoms with Gasteiger partial charge in [-0.2, -0.15) is 11.8 Å². The molecule has 0 spiro atoms. The summed E-state index contributed by atoms with van der Waals surface area (Å²) in [4.78, 5) is 43.0. The molecule has 0 aliphatic rings. The van der Waals surface area contributed by atoms with E-state index in [4.69, 9.17) is 4.74 Å². The van der Waals surface area contributed by atoms with Gasteiger partial charge in [-0.15, -0.1) is 0 Å². The predicted molar refractivity (Wildman–Crippen MR) is 167 cm³/mol. The number of amides is 3. The molecule has 218 valence electrons. The molecule has 2 aromatic rings. The van der Waals surface area contributed by atoms with E-state index in [9.17, 15) is 14.4 Å². The highest BCUT2D eigenvalue weighted by Gasteiger charge is 2.42. The van der Waals surface area contributed by atoms with Crippen molar-refractivity contribution in [1.29, 1.82) is 0 Å². The molecule has 2 unspecified atom stereocenters. The number of benzene rings is 2. The molecule has 0 heterocycles. The highest BCUT2D eigenvalue weighted by molar-refractivity contribution is 7.98. The smallest absolute Gasteiger partial charge is 0.408 e. The van der Waals surface area contributed by atoms with Gasteiger partial charge in [-0.05, 0) is 102 Å². The van der Waals surface area contributed by atoms with Crippen molar-refractivity contribution in [3.63, 3.8) is 0 Å². The quantitative estimate of drug-likeness (QED) is 0.326. The Morgan fingerprint density at radius 2 is 1.62 bits per heavy atom. The predicted octanol–water partition coefficient (Wildman–Crippen LogP) is 6.90. The van der Waals surface area contributed by atoms with Gasteiger partial charge in [0.1, 0.15) is 17.7 Å². The molecular weight excluding hydrogens is 522 g/mol. The topological polar surface area (TPSA) is 87.7 Å². The van der Waals surface area contributed by atoms with Crippen LogP contribution in [0.25, 0.3) is 6.08 Å². The molecule has 2 aromatic carbocycles. The molecular formula is C32H45N3O4S. The Kier molecular flexibility index (Phi) is 11.4. The van der Waals surface area contributed by atoms with E-state index in [-0.39, 0.29) is 11.8 Å². The molecule has 2 N–H and O–H groups in total. The summed E-state index contributed by atoms with van der Waals surface area (Å²) in [6, 6.07) is 11.4. The van der Waals surface area contributed by atoms with Gasteiger partial charge < -0.3 is 20.3 Å². The van der Waals surface area contributed by atoms with Crippen LogP contribution >= 0.6 is 11.8 Å². The summed E-state index contributed by atoms with van der Waals surface area (Å²) < 4.78 is 5.47. The minimum Gasteiger partial charge on any atom is -0.444 e. The van der Waals surface area contributed by atoms with Crippen molar-refractivity contribution in [3.05, 3.63) is 71.3 Å². The van der Waals surface area contributed by atoms with Gasteiger partial charge in [0, 0.05) is 11.2 Å². The van der Waals surface area contributed by atoms with Crippen LogP contribution in [0.4, 0.5) is 10.5 Å². The molecule has 0 bridgehead atoms. The Balaban J connectivity index is 2.65. The number of hydrogen-bond acceptors (Lipinski definition) is 5. The first-order valence-corrected chi connectivity index (χ1v) is 14.9. The van der Waals surface area contributed by atoms with E-state index >= 15 is 0 Å². The van der Waals surface area contributed by atoms with Crippen LogP contribution in [0.1, 0.15) is 76.3 Å². The van der Waals surface area contributed by atoms with Gasteiger partial charge in [0.25, 0.3) is 5.91 Å². The molecule has 2 atom stereocenters. The van der Waals surface area contributed by atoms with E-state index in [2.05, 4.69) is 17.2 Å². The highest BCUT2D eigenvalue weighted by Crippen LogP contribution is 2.33. The van der Waals surface area contributed by atoms with E-state index in [0.717, 1.165) is 16.7 Å². The number of thioether (sulfide) groups is 1. The molecule has 7 nitrogen and oxygen atoms in total. The van der Waals surface area contributed by atoms with E-state index in [0.29, 0.717) is 23.4 Å². The zero-order chi connectivity index (χ0) is 30.3. The average molecular weight is 568 g/mol. The van der Waals surface area contributed by atoms with Crippen LogP contribution in [0.3, 0.4) is 0 Å². The first-order chi connectivity index (χ1) is 18.6. The van der Waals surface area contributed by atoms with E-state index in [1.807, 2.05) is 83.3 Å². The van der Waals surface area contributed by atoms with Crippen molar-refractivity contribution < 1.29 is 19.1 Å². The molecule has 3 amide bonds. The Morgan fingerprint density at radius 3 is 2.15 bits per heavy atom. The second kappa shape index (κ2) is 13.9. The maximum atomic E-state index is 14.4. The summed E-state index contributed by atoms with van der Waals surface area (Å²) in [5.41, 5.74) is 2.52. The SMILES string of the molecule is C=Cc1cccc(C(C(=O)Nc2c(C)cccc2C)N(C(=O)C(CCSC)NC(=O)OC(C)(C)C)C(C)(C)C)c1. The fraction of sp³-hybridized carbons (Fsp3) is 0.469. The summed E-state index contributed by atoms with van der Waals surface area (Å²) in [7, 11) is 0. The number of aryl methyl sites for hydroxylation is 2. The Morgan fingerprint density at radius 1 is 1.02 bits per heavy atom.